The van der Waals surface area contributed by atoms with Crippen molar-refractivity contribution in [1.29, 1.82) is 0 Å². The van der Waals surface area contributed by atoms with Gasteiger partial charge in [-0.25, -0.2) is 0 Å². The van der Waals surface area contributed by atoms with E-state index in [2.05, 4.69) is 20.0 Å². The molecule has 1 saturated carbocycles. The molecule has 0 radical (unpaired) electrons. The van der Waals surface area contributed by atoms with E-state index in [1.807, 2.05) is 0 Å². The Balaban J connectivity index is 1.31. The van der Waals surface area contributed by atoms with E-state index in [9.17, 15) is 4.79 Å². The molecule has 3 saturated heterocycles. The molecule has 0 bridgehead atoms. The topological polar surface area (TPSA) is 67.8 Å². The average molecular weight is 364 g/mol. The van der Waals surface area contributed by atoms with Crippen LogP contribution in [-0.4, -0.2) is 73.6 Å². The molecule has 1 aliphatic carbocycles. The molecule has 4 aliphatic rings. The van der Waals surface area contributed by atoms with Crippen LogP contribution in [0.25, 0.3) is 0 Å². The third kappa shape index (κ3) is 2.84. The van der Waals surface area contributed by atoms with Crippen LogP contribution in [0.5, 0.6) is 0 Å². The monoisotopic (exact) mass is 364 g/mol. The summed E-state index contributed by atoms with van der Waals surface area (Å²) in [5, 5.41) is 9.17. The lowest BCUT2D eigenvalue weighted by Gasteiger charge is -2.43. The van der Waals surface area contributed by atoms with Gasteiger partial charge in [-0.1, -0.05) is 11.3 Å². The summed E-state index contributed by atoms with van der Waals surface area (Å²) in [4.78, 5) is 17.4. The molecule has 136 valence electrons. The third-order valence-electron chi connectivity index (χ3n) is 6.27. The summed E-state index contributed by atoms with van der Waals surface area (Å²) in [5.74, 6) is 1.53. The van der Waals surface area contributed by atoms with Gasteiger partial charge in [0.25, 0.3) is 0 Å². The molecule has 8 heteroatoms. The van der Waals surface area contributed by atoms with E-state index in [-0.39, 0.29) is 11.3 Å². The Morgan fingerprint density at radius 3 is 2.92 bits per heavy atom. The summed E-state index contributed by atoms with van der Waals surface area (Å²) in [6.07, 6.45) is 2.16. The van der Waals surface area contributed by atoms with E-state index >= 15 is 0 Å². The summed E-state index contributed by atoms with van der Waals surface area (Å²) < 4.78 is 11.4. The maximum Gasteiger partial charge on any atom is 0.226 e. The first-order chi connectivity index (χ1) is 12.3. The van der Waals surface area contributed by atoms with Gasteiger partial charge in [0.1, 0.15) is 5.51 Å². The minimum atomic E-state index is 0.0105. The number of piperidine rings is 1. The van der Waals surface area contributed by atoms with E-state index < -0.39 is 0 Å². The van der Waals surface area contributed by atoms with Gasteiger partial charge >= 0.3 is 0 Å². The number of fused-ring (bicyclic) bond motifs is 1. The second-order valence-corrected chi connectivity index (χ2v) is 8.76. The number of hydrogen-bond donors (Lipinski definition) is 0. The van der Waals surface area contributed by atoms with E-state index in [0.29, 0.717) is 24.3 Å². The molecule has 1 spiro atoms. The molecule has 1 aromatic heterocycles. The van der Waals surface area contributed by atoms with Crippen molar-refractivity contribution < 1.29 is 14.3 Å². The zero-order chi connectivity index (χ0) is 16.9. The molecule has 3 aliphatic heterocycles. The van der Waals surface area contributed by atoms with Crippen LogP contribution in [0.4, 0.5) is 5.13 Å². The molecule has 2 unspecified atom stereocenters. The number of carbonyl (C=O) groups is 1. The van der Waals surface area contributed by atoms with Crippen LogP contribution < -0.4 is 4.90 Å². The normalized spacial score (nSPS) is 37.8. The first kappa shape index (κ1) is 16.0. The molecule has 0 N–H and O–H groups in total. The minimum Gasteiger partial charge on any atom is -0.381 e. The van der Waals surface area contributed by atoms with Crippen molar-refractivity contribution in [2.45, 2.75) is 12.8 Å². The lowest BCUT2D eigenvalue weighted by atomic mass is 9.80. The van der Waals surface area contributed by atoms with Crippen LogP contribution in [0.15, 0.2) is 5.51 Å². The summed E-state index contributed by atoms with van der Waals surface area (Å²) >= 11 is 1.57. The van der Waals surface area contributed by atoms with E-state index in [4.69, 9.17) is 9.47 Å². The van der Waals surface area contributed by atoms with Crippen molar-refractivity contribution in [3.05, 3.63) is 5.51 Å². The Morgan fingerprint density at radius 2 is 2.12 bits per heavy atom. The molecule has 7 nitrogen and oxygen atoms in total. The molecule has 1 amide bonds. The standard InChI is InChI=1S/C17H24N4O3S/c22-15(14-12-6-24-7-13(12)14)20-3-1-2-17(8-20)9-21(4-5-23-10-17)16-19-18-11-25-16/h11-14H,1-10H2/t12-,13+,14?,17?. The molecule has 4 heterocycles. The highest BCUT2D eigenvalue weighted by atomic mass is 32.1. The molecule has 4 atom stereocenters. The van der Waals surface area contributed by atoms with Gasteiger partial charge in [-0.05, 0) is 24.7 Å². The fourth-order valence-electron chi connectivity index (χ4n) is 4.92. The van der Waals surface area contributed by atoms with Crippen molar-refractivity contribution in [3.63, 3.8) is 0 Å². The third-order valence-corrected chi connectivity index (χ3v) is 7.02. The highest BCUT2D eigenvalue weighted by molar-refractivity contribution is 7.13. The number of nitrogens with zero attached hydrogens (tertiary/aromatic N) is 4. The highest BCUT2D eigenvalue weighted by Crippen LogP contribution is 2.52. The van der Waals surface area contributed by atoms with Crippen molar-refractivity contribution in [3.8, 4) is 0 Å². The van der Waals surface area contributed by atoms with Crippen LogP contribution in [0.2, 0.25) is 0 Å². The number of carbonyl (C=O) groups excluding carboxylic acids is 1. The number of ether oxygens (including phenoxy) is 2. The minimum absolute atomic E-state index is 0.0105. The number of amides is 1. The van der Waals surface area contributed by atoms with Gasteiger partial charge in [0, 0.05) is 37.5 Å². The molecule has 25 heavy (non-hydrogen) atoms. The predicted molar refractivity (Wildman–Crippen MR) is 92.5 cm³/mol. The Bertz CT molecular complexity index is 632. The van der Waals surface area contributed by atoms with Crippen molar-refractivity contribution >= 4 is 22.4 Å². The summed E-state index contributed by atoms with van der Waals surface area (Å²) in [6.45, 7) is 6.41. The molecule has 1 aromatic rings. The number of rotatable bonds is 2. The van der Waals surface area contributed by atoms with Gasteiger partial charge in [0.2, 0.25) is 11.0 Å². The van der Waals surface area contributed by atoms with Gasteiger partial charge < -0.3 is 19.3 Å². The zero-order valence-corrected chi connectivity index (χ0v) is 15.1. The van der Waals surface area contributed by atoms with Crippen LogP contribution in [0.1, 0.15) is 12.8 Å². The smallest absolute Gasteiger partial charge is 0.226 e. The summed E-state index contributed by atoms with van der Waals surface area (Å²) in [7, 11) is 0. The Kier molecular flexibility index (Phi) is 3.94. The van der Waals surface area contributed by atoms with Crippen LogP contribution in [0.3, 0.4) is 0 Å². The maximum absolute atomic E-state index is 13.0. The largest absolute Gasteiger partial charge is 0.381 e. The van der Waals surface area contributed by atoms with E-state index in [1.54, 1.807) is 16.8 Å². The summed E-state index contributed by atoms with van der Waals surface area (Å²) in [6, 6.07) is 0. The second kappa shape index (κ2) is 6.17. The fourth-order valence-corrected chi connectivity index (χ4v) is 5.51. The summed E-state index contributed by atoms with van der Waals surface area (Å²) in [5.41, 5.74) is 1.79. The molecule has 4 fully saturated rings. The van der Waals surface area contributed by atoms with Crippen molar-refractivity contribution in [2.75, 3.05) is 57.5 Å². The first-order valence-corrected chi connectivity index (χ1v) is 10.1. The van der Waals surface area contributed by atoms with Crippen molar-refractivity contribution in [2.24, 2.45) is 23.2 Å². The number of likely N-dealkylation sites (tertiary alicyclic amines) is 1. The Hall–Kier alpha value is -1.25. The highest BCUT2D eigenvalue weighted by Gasteiger charge is 2.59. The zero-order valence-electron chi connectivity index (χ0n) is 14.3. The van der Waals surface area contributed by atoms with Crippen molar-refractivity contribution in [1.82, 2.24) is 15.1 Å². The van der Waals surface area contributed by atoms with Crippen LogP contribution in [0, 0.1) is 23.2 Å². The van der Waals surface area contributed by atoms with Gasteiger partial charge in [-0.3, -0.25) is 4.79 Å². The van der Waals surface area contributed by atoms with Crippen LogP contribution >= 0.6 is 11.3 Å². The molecule has 5 rings (SSSR count). The second-order valence-electron chi connectivity index (χ2n) is 7.95. The van der Waals surface area contributed by atoms with Gasteiger partial charge in [0.05, 0.1) is 26.4 Å². The Labute approximate surface area is 151 Å². The predicted octanol–water partition coefficient (Wildman–Crippen LogP) is 0.876. The van der Waals surface area contributed by atoms with Gasteiger partial charge in [-0.15, -0.1) is 10.2 Å². The Morgan fingerprint density at radius 1 is 1.24 bits per heavy atom. The quantitative estimate of drug-likeness (QED) is 0.776. The van der Waals surface area contributed by atoms with Gasteiger partial charge in [0.15, 0.2) is 0 Å². The average Bonchev–Trinajstić information content (AvgIpc) is 2.99. The number of anilines is 1. The van der Waals surface area contributed by atoms with E-state index in [0.717, 1.165) is 64.0 Å². The lowest BCUT2D eigenvalue weighted by molar-refractivity contribution is -0.138. The SMILES string of the molecule is O=C(C1[C@H]2COC[C@@H]12)N1CCCC2(COCCN(c3nncs3)C2)C1. The van der Waals surface area contributed by atoms with Gasteiger partial charge in [-0.2, -0.15) is 0 Å². The molecular formula is C17H24N4O3S. The maximum atomic E-state index is 13.0. The lowest BCUT2D eigenvalue weighted by Crippen LogP contribution is -2.52. The fraction of sp³-hybridized carbons (Fsp3) is 0.824. The molecule has 0 aromatic carbocycles. The van der Waals surface area contributed by atoms with Crippen LogP contribution in [-0.2, 0) is 14.3 Å². The van der Waals surface area contributed by atoms with E-state index in [1.165, 1.54) is 0 Å². The number of hydrogen-bond acceptors (Lipinski definition) is 7. The molecular weight excluding hydrogens is 340 g/mol. The first-order valence-electron chi connectivity index (χ1n) is 9.21. The number of aromatic nitrogens is 2.